The molecule has 1 aromatic carbocycles. The SMILES string of the molecule is CCn1c(S[C@@H](C)C(=O)c2ccccc2)n[nH]c1=O. The van der Waals surface area contributed by atoms with Crippen LogP contribution < -0.4 is 5.69 Å². The van der Waals surface area contributed by atoms with Crippen molar-refractivity contribution in [2.75, 3.05) is 0 Å². The van der Waals surface area contributed by atoms with Crippen LogP contribution in [-0.2, 0) is 6.54 Å². The summed E-state index contributed by atoms with van der Waals surface area (Å²) in [6.45, 7) is 4.22. The second kappa shape index (κ2) is 5.88. The first kappa shape index (κ1) is 13.6. The lowest BCUT2D eigenvalue weighted by atomic mass is 10.1. The van der Waals surface area contributed by atoms with Crippen LogP contribution in [0, 0.1) is 0 Å². The van der Waals surface area contributed by atoms with Gasteiger partial charge in [0.25, 0.3) is 0 Å². The molecule has 0 aliphatic carbocycles. The van der Waals surface area contributed by atoms with E-state index in [9.17, 15) is 9.59 Å². The summed E-state index contributed by atoms with van der Waals surface area (Å²) in [4.78, 5) is 23.6. The highest BCUT2D eigenvalue weighted by Gasteiger charge is 2.19. The molecule has 2 rings (SSSR count). The van der Waals surface area contributed by atoms with E-state index in [-0.39, 0.29) is 16.7 Å². The van der Waals surface area contributed by atoms with Crippen LogP contribution in [0.25, 0.3) is 0 Å². The molecule has 0 aliphatic heterocycles. The van der Waals surface area contributed by atoms with E-state index in [1.54, 1.807) is 12.1 Å². The zero-order valence-corrected chi connectivity index (χ0v) is 11.6. The third kappa shape index (κ3) is 2.96. The van der Waals surface area contributed by atoms with E-state index < -0.39 is 0 Å². The summed E-state index contributed by atoms with van der Waals surface area (Å²) < 4.78 is 1.51. The molecule has 0 unspecified atom stereocenters. The molecule has 0 fully saturated rings. The fourth-order valence-corrected chi connectivity index (χ4v) is 2.72. The van der Waals surface area contributed by atoms with Crippen LogP contribution in [0.5, 0.6) is 0 Å². The Bertz CT molecular complexity index is 618. The second-order valence-corrected chi connectivity index (χ2v) is 5.35. The van der Waals surface area contributed by atoms with Crippen molar-refractivity contribution in [1.82, 2.24) is 14.8 Å². The summed E-state index contributed by atoms with van der Waals surface area (Å²) in [5, 5.41) is 6.59. The Balaban J connectivity index is 2.15. The lowest BCUT2D eigenvalue weighted by Gasteiger charge is -2.09. The average Bonchev–Trinajstić information content (AvgIpc) is 2.79. The van der Waals surface area contributed by atoms with Crippen molar-refractivity contribution in [1.29, 1.82) is 0 Å². The first-order valence-electron chi connectivity index (χ1n) is 6.04. The van der Waals surface area contributed by atoms with Crippen LogP contribution in [0.2, 0.25) is 0 Å². The van der Waals surface area contributed by atoms with Gasteiger partial charge in [-0.2, -0.15) is 0 Å². The second-order valence-electron chi connectivity index (χ2n) is 4.05. The molecule has 0 amide bonds. The summed E-state index contributed by atoms with van der Waals surface area (Å²) in [5.74, 6) is 0.0312. The number of carbonyl (C=O) groups excluding carboxylic acids is 1. The van der Waals surface area contributed by atoms with Gasteiger partial charge in [-0.25, -0.2) is 9.89 Å². The highest BCUT2D eigenvalue weighted by molar-refractivity contribution is 8.00. The van der Waals surface area contributed by atoms with Gasteiger partial charge in [-0.05, 0) is 13.8 Å². The maximum atomic E-state index is 12.2. The number of ketones is 1. The molecule has 0 radical (unpaired) electrons. The fraction of sp³-hybridized carbons (Fsp3) is 0.308. The number of aromatic amines is 1. The Labute approximate surface area is 115 Å². The Morgan fingerprint density at radius 3 is 2.74 bits per heavy atom. The van der Waals surface area contributed by atoms with Crippen LogP contribution in [-0.4, -0.2) is 25.8 Å². The molecule has 0 spiro atoms. The monoisotopic (exact) mass is 277 g/mol. The fourth-order valence-electron chi connectivity index (χ4n) is 1.72. The molecule has 0 saturated carbocycles. The summed E-state index contributed by atoms with van der Waals surface area (Å²) in [7, 11) is 0. The number of Topliss-reactive ketones (excluding diaryl/α,β-unsaturated/α-hetero) is 1. The Morgan fingerprint density at radius 1 is 1.42 bits per heavy atom. The molecule has 2 aromatic rings. The largest absolute Gasteiger partial charge is 0.343 e. The predicted molar refractivity (Wildman–Crippen MR) is 74.6 cm³/mol. The lowest BCUT2D eigenvalue weighted by Crippen LogP contribution is -2.18. The predicted octanol–water partition coefficient (Wildman–Crippen LogP) is 1.95. The maximum Gasteiger partial charge on any atom is 0.343 e. The van der Waals surface area contributed by atoms with E-state index >= 15 is 0 Å². The summed E-state index contributed by atoms with van der Waals surface area (Å²) >= 11 is 1.29. The van der Waals surface area contributed by atoms with E-state index in [4.69, 9.17) is 0 Å². The van der Waals surface area contributed by atoms with E-state index in [2.05, 4.69) is 10.2 Å². The third-order valence-corrected chi connectivity index (χ3v) is 3.84. The topological polar surface area (TPSA) is 67.8 Å². The summed E-state index contributed by atoms with van der Waals surface area (Å²) in [6.07, 6.45) is 0. The van der Waals surface area contributed by atoms with Gasteiger partial charge in [0, 0.05) is 12.1 Å². The summed E-state index contributed by atoms with van der Waals surface area (Å²) in [5.41, 5.74) is 0.424. The van der Waals surface area contributed by atoms with Gasteiger partial charge >= 0.3 is 5.69 Å². The molecule has 1 N–H and O–H groups in total. The van der Waals surface area contributed by atoms with E-state index in [0.29, 0.717) is 17.3 Å². The molecule has 1 heterocycles. The zero-order valence-electron chi connectivity index (χ0n) is 10.8. The highest BCUT2D eigenvalue weighted by atomic mass is 32.2. The summed E-state index contributed by atoms with van der Waals surface area (Å²) in [6, 6.07) is 9.12. The number of aromatic nitrogens is 3. The van der Waals surface area contributed by atoms with Gasteiger partial charge in [0.1, 0.15) is 0 Å². The van der Waals surface area contributed by atoms with Gasteiger partial charge in [0.05, 0.1) is 5.25 Å². The number of nitrogens with one attached hydrogen (secondary N) is 1. The minimum atomic E-state index is -0.289. The van der Waals surface area contributed by atoms with Crippen LogP contribution in [0.3, 0.4) is 0 Å². The number of thioether (sulfide) groups is 1. The van der Waals surface area contributed by atoms with Crippen molar-refractivity contribution < 1.29 is 4.79 Å². The minimum Gasteiger partial charge on any atom is -0.293 e. The molecule has 0 aliphatic rings. The van der Waals surface area contributed by atoms with Crippen molar-refractivity contribution in [3.05, 3.63) is 46.4 Å². The molecular weight excluding hydrogens is 262 g/mol. The van der Waals surface area contributed by atoms with Gasteiger partial charge in [-0.3, -0.25) is 9.36 Å². The van der Waals surface area contributed by atoms with Gasteiger partial charge in [0.2, 0.25) is 0 Å². The van der Waals surface area contributed by atoms with Gasteiger partial charge in [-0.1, -0.05) is 42.1 Å². The Kier molecular flexibility index (Phi) is 4.21. The number of nitrogens with zero attached hydrogens (tertiary/aromatic N) is 2. The molecule has 0 saturated heterocycles. The first-order valence-corrected chi connectivity index (χ1v) is 6.92. The molecule has 1 aromatic heterocycles. The van der Waals surface area contributed by atoms with Gasteiger partial charge in [0.15, 0.2) is 10.9 Å². The van der Waals surface area contributed by atoms with E-state index in [1.807, 2.05) is 32.0 Å². The lowest BCUT2D eigenvalue weighted by molar-refractivity contribution is 0.0994. The molecule has 1 atom stereocenters. The number of hydrogen-bond acceptors (Lipinski definition) is 4. The quantitative estimate of drug-likeness (QED) is 0.670. The maximum absolute atomic E-state index is 12.2. The smallest absolute Gasteiger partial charge is 0.293 e. The van der Waals surface area contributed by atoms with Crippen molar-refractivity contribution >= 4 is 17.5 Å². The minimum absolute atomic E-state index is 0.0312. The third-order valence-electron chi connectivity index (χ3n) is 2.75. The van der Waals surface area contributed by atoms with Crippen molar-refractivity contribution in [2.24, 2.45) is 0 Å². The van der Waals surface area contributed by atoms with Crippen molar-refractivity contribution in [3.8, 4) is 0 Å². The standard InChI is InChI=1S/C13H15N3O2S/c1-3-16-12(18)14-15-13(16)19-9(2)11(17)10-7-5-4-6-8-10/h4-9H,3H2,1-2H3,(H,14,18)/t9-/m0/s1. The van der Waals surface area contributed by atoms with Crippen LogP contribution in [0.4, 0.5) is 0 Å². The molecule has 19 heavy (non-hydrogen) atoms. The number of H-pyrrole nitrogens is 1. The van der Waals surface area contributed by atoms with Gasteiger partial charge in [-0.15, -0.1) is 5.10 Å². The van der Waals surface area contributed by atoms with Crippen LogP contribution >= 0.6 is 11.8 Å². The Morgan fingerprint density at radius 2 is 2.11 bits per heavy atom. The highest BCUT2D eigenvalue weighted by Crippen LogP contribution is 2.22. The Hall–Kier alpha value is -1.82. The average molecular weight is 277 g/mol. The molecular formula is C13H15N3O2S. The number of rotatable bonds is 5. The molecule has 0 bridgehead atoms. The normalized spacial score (nSPS) is 12.3. The van der Waals surface area contributed by atoms with Crippen molar-refractivity contribution in [2.45, 2.75) is 30.8 Å². The van der Waals surface area contributed by atoms with Crippen LogP contribution in [0.15, 0.2) is 40.3 Å². The van der Waals surface area contributed by atoms with E-state index in [0.717, 1.165) is 0 Å². The van der Waals surface area contributed by atoms with Crippen molar-refractivity contribution in [3.63, 3.8) is 0 Å². The number of benzene rings is 1. The number of carbonyl (C=O) groups is 1. The molecule has 5 nitrogen and oxygen atoms in total. The zero-order chi connectivity index (χ0) is 13.8. The molecule has 6 heteroatoms. The molecule has 100 valence electrons. The number of hydrogen-bond donors (Lipinski definition) is 1. The first-order chi connectivity index (χ1) is 9.13. The van der Waals surface area contributed by atoms with Crippen LogP contribution in [0.1, 0.15) is 24.2 Å². The van der Waals surface area contributed by atoms with E-state index in [1.165, 1.54) is 16.3 Å². The van der Waals surface area contributed by atoms with Gasteiger partial charge < -0.3 is 0 Å².